The number of hydrogen-bond acceptors (Lipinski definition) is 5. The van der Waals surface area contributed by atoms with E-state index in [4.69, 9.17) is 17.0 Å². The fourth-order valence-electron chi connectivity index (χ4n) is 2.00. The Morgan fingerprint density at radius 2 is 1.52 bits per heavy atom. The molecule has 0 amide bonds. The number of ether oxygens (including phenoxy) is 1. The zero-order chi connectivity index (χ0) is 16.1. The summed E-state index contributed by atoms with van der Waals surface area (Å²) in [7, 11) is 0. The van der Waals surface area contributed by atoms with Crippen molar-refractivity contribution in [1.29, 1.82) is 0 Å². The van der Waals surface area contributed by atoms with Crippen LogP contribution in [-0.4, -0.2) is 46.8 Å². The summed E-state index contributed by atoms with van der Waals surface area (Å²) in [4.78, 5) is 0. The maximum Gasteiger partial charge on any atom is 0.162 e. The third-order valence-electron chi connectivity index (χ3n) is 3.92. The highest BCUT2D eigenvalue weighted by Gasteiger charge is 2.30. The summed E-state index contributed by atoms with van der Waals surface area (Å²) in [5, 5.41) is 28.2. The molecular formula is C16H32O4S. The quantitative estimate of drug-likeness (QED) is 0.359. The van der Waals surface area contributed by atoms with Gasteiger partial charge in [0.15, 0.2) is 5.05 Å². The van der Waals surface area contributed by atoms with Crippen LogP contribution in [0.25, 0.3) is 0 Å². The predicted octanol–water partition coefficient (Wildman–Crippen LogP) is 2.68. The van der Waals surface area contributed by atoms with Crippen molar-refractivity contribution in [2.75, 3.05) is 26.4 Å². The SMILES string of the molecule is CCCCCCCCC(C)C(=S)OCC(CO)(CO)CO. The molecule has 0 spiro atoms. The zero-order valence-electron chi connectivity index (χ0n) is 13.5. The van der Waals surface area contributed by atoms with E-state index in [0.29, 0.717) is 5.05 Å². The Hall–Kier alpha value is -0.230. The standard InChI is InChI=1S/C16H32O4S/c1-3-4-5-6-7-8-9-14(2)15(21)20-13-16(10-17,11-18)12-19/h14,17-19H,3-13H2,1-2H3. The molecule has 5 heteroatoms. The first-order valence-corrected chi connectivity index (χ1v) is 8.45. The summed E-state index contributed by atoms with van der Waals surface area (Å²) < 4.78 is 5.49. The van der Waals surface area contributed by atoms with Gasteiger partial charge in [-0.1, -0.05) is 52.4 Å². The van der Waals surface area contributed by atoms with Crippen molar-refractivity contribution in [2.24, 2.45) is 11.3 Å². The summed E-state index contributed by atoms with van der Waals surface area (Å²) in [5.74, 6) is 0.181. The fraction of sp³-hybridized carbons (Fsp3) is 0.938. The summed E-state index contributed by atoms with van der Waals surface area (Å²) in [5.41, 5.74) is -1.01. The lowest BCUT2D eigenvalue weighted by Gasteiger charge is -2.28. The summed E-state index contributed by atoms with van der Waals surface area (Å²) in [6.45, 7) is 3.32. The van der Waals surface area contributed by atoms with Gasteiger partial charge in [-0.2, -0.15) is 0 Å². The van der Waals surface area contributed by atoms with Crippen LogP contribution in [0.4, 0.5) is 0 Å². The largest absolute Gasteiger partial charge is 0.486 e. The van der Waals surface area contributed by atoms with Crippen molar-refractivity contribution in [3.8, 4) is 0 Å². The van der Waals surface area contributed by atoms with Gasteiger partial charge in [-0.05, 0) is 18.6 Å². The molecule has 0 fully saturated rings. The lowest BCUT2D eigenvalue weighted by molar-refractivity contribution is -0.0295. The maximum absolute atomic E-state index is 9.23. The molecule has 0 aliphatic heterocycles. The number of aliphatic hydroxyl groups is 3. The smallest absolute Gasteiger partial charge is 0.162 e. The van der Waals surface area contributed by atoms with E-state index in [1.165, 1.54) is 32.1 Å². The van der Waals surface area contributed by atoms with Gasteiger partial charge in [0, 0.05) is 5.92 Å². The van der Waals surface area contributed by atoms with E-state index in [1.807, 2.05) is 6.92 Å². The molecule has 0 aliphatic carbocycles. The number of unbranched alkanes of at least 4 members (excludes halogenated alkanes) is 5. The number of aliphatic hydroxyl groups excluding tert-OH is 3. The Morgan fingerprint density at radius 3 is 2.05 bits per heavy atom. The Bertz CT molecular complexity index is 259. The topological polar surface area (TPSA) is 69.9 Å². The first-order chi connectivity index (χ1) is 10.0. The molecule has 0 saturated heterocycles. The van der Waals surface area contributed by atoms with Crippen molar-refractivity contribution >= 4 is 17.3 Å². The number of thiocarbonyl (C=S) groups is 1. The molecule has 4 nitrogen and oxygen atoms in total. The molecule has 0 radical (unpaired) electrons. The van der Waals surface area contributed by atoms with Crippen LogP contribution in [0.5, 0.6) is 0 Å². The molecule has 0 saturated carbocycles. The normalized spacial score (nSPS) is 13.2. The predicted molar refractivity (Wildman–Crippen MR) is 89.4 cm³/mol. The van der Waals surface area contributed by atoms with Gasteiger partial charge >= 0.3 is 0 Å². The molecular weight excluding hydrogens is 288 g/mol. The first kappa shape index (κ1) is 20.8. The first-order valence-electron chi connectivity index (χ1n) is 8.04. The Morgan fingerprint density at radius 1 is 1.00 bits per heavy atom. The van der Waals surface area contributed by atoms with E-state index >= 15 is 0 Å². The number of hydrogen-bond donors (Lipinski definition) is 3. The van der Waals surface area contributed by atoms with Crippen molar-refractivity contribution in [3.05, 3.63) is 0 Å². The molecule has 0 aromatic rings. The van der Waals surface area contributed by atoms with Crippen molar-refractivity contribution in [2.45, 2.75) is 58.8 Å². The van der Waals surface area contributed by atoms with Gasteiger partial charge in [0.25, 0.3) is 0 Å². The van der Waals surface area contributed by atoms with E-state index in [-0.39, 0.29) is 32.3 Å². The van der Waals surface area contributed by atoms with Crippen LogP contribution in [0.15, 0.2) is 0 Å². The van der Waals surface area contributed by atoms with E-state index in [0.717, 1.165) is 12.8 Å². The fourth-order valence-corrected chi connectivity index (χ4v) is 2.18. The minimum absolute atomic E-state index is 0.0518. The van der Waals surface area contributed by atoms with Gasteiger partial charge in [-0.15, -0.1) is 0 Å². The summed E-state index contributed by atoms with van der Waals surface area (Å²) in [6, 6.07) is 0. The Labute approximate surface area is 134 Å². The molecule has 0 bridgehead atoms. The Balaban J connectivity index is 3.89. The lowest BCUT2D eigenvalue weighted by atomic mass is 9.92. The maximum atomic E-state index is 9.23. The van der Waals surface area contributed by atoms with Gasteiger partial charge in [0.05, 0.1) is 25.2 Å². The molecule has 0 rings (SSSR count). The van der Waals surface area contributed by atoms with E-state index in [1.54, 1.807) is 0 Å². The van der Waals surface area contributed by atoms with Crippen molar-refractivity contribution in [3.63, 3.8) is 0 Å². The minimum atomic E-state index is -1.01. The van der Waals surface area contributed by atoms with Crippen LogP contribution in [-0.2, 0) is 4.74 Å². The van der Waals surface area contributed by atoms with E-state index in [9.17, 15) is 15.3 Å². The molecule has 0 heterocycles. The monoisotopic (exact) mass is 320 g/mol. The highest BCUT2D eigenvalue weighted by atomic mass is 32.1. The molecule has 126 valence electrons. The average Bonchev–Trinajstić information content (AvgIpc) is 2.52. The second kappa shape index (κ2) is 12.3. The highest BCUT2D eigenvalue weighted by Crippen LogP contribution is 2.19. The van der Waals surface area contributed by atoms with Crippen LogP contribution in [0.2, 0.25) is 0 Å². The van der Waals surface area contributed by atoms with E-state index in [2.05, 4.69) is 6.92 Å². The van der Waals surface area contributed by atoms with Gasteiger partial charge in [0.2, 0.25) is 0 Å². The van der Waals surface area contributed by atoms with Crippen LogP contribution in [0.3, 0.4) is 0 Å². The van der Waals surface area contributed by atoms with Crippen LogP contribution >= 0.6 is 12.2 Å². The molecule has 3 N–H and O–H groups in total. The molecule has 21 heavy (non-hydrogen) atoms. The second-order valence-electron chi connectivity index (χ2n) is 6.04. The summed E-state index contributed by atoms with van der Waals surface area (Å²) in [6.07, 6.45) is 8.50. The van der Waals surface area contributed by atoms with E-state index < -0.39 is 5.41 Å². The van der Waals surface area contributed by atoms with Gasteiger partial charge in [-0.3, -0.25) is 0 Å². The second-order valence-corrected chi connectivity index (χ2v) is 6.44. The van der Waals surface area contributed by atoms with Crippen LogP contribution in [0.1, 0.15) is 58.8 Å². The summed E-state index contributed by atoms with van der Waals surface area (Å²) >= 11 is 5.24. The minimum Gasteiger partial charge on any atom is -0.486 e. The van der Waals surface area contributed by atoms with Gasteiger partial charge in [-0.25, -0.2) is 0 Å². The highest BCUT2D eigenvalue weighted by molar-refractivity contribution is 7.80. The third-order valence-corrected chi connectivity index (χ3v) is 4.44. The molecule has 1 unspecified atom stereocenters. The molecule has 0 aromatic heterocycles. The van der Waals surface area contributed by atoms with Crippen molar-refractivity contribution < 1.29 is 20.1 Å². The zero-order valence-corrected chi connectivity index (χ0v) is 14.3. The van der Waals surface area contributed by atoms with Crippen LogP contribution < -0.4 is 0 Å². The van der Waals surface area contributed by atoms with Gasteiger partial charge in [0.1, 0.15) is 6.61 Å². The van der Waals surface area contributed by atoms with Crippen LogP contribution in [0, 0.1) is 11.3 Å². The lowest BCUT2D eigenvalue weighted by Crippen LogP contribution is -2.39. The average molecular weight is 320 g/mol. The molecule has 0 aliphatic rings. The molecule has 1 atom stereocenters. The molecule has 0 aromatic carbocycles. The number of rotatable bonds is 13. The van der Waals surface area contributed by atoms with Crippen molar-refractivity contribution in [1.82, 2.24) is 0 Å². The van der Waals surface area contributed by atoms with Gasteiger partial charge < -0.3 is 20.1 Å². The Kier molecular flexibility index (Phi) is 12.2. The third kappa shape index (κ3) is 8.71.